The molecular formula is C12H11FN2O2S. The Hall–Kier alpha value is -1.95. The molecule has 0 aliphatic rings. The third kappa shape index (κ3) is 2.65. The second-order valence-electron chi connectivity index (χ2n) is 3.78. The van der Waals surface area contributed by atoms with Crippen LogP contribution in [0.3, 0.4) is 0 Å². The zero-order valence-corrected chi connectivity index (χ0v) is 10.4. The van der Waals surface area contributed by atoms with Crippen molar-refractivity contribution in [3.05, 3.63) is 46.0 Å². The van der Waals surface area contributed by atoms with Gasteiger partial charge in [-0.15, -0.1) is 0 Å². The lowest BCUT2D eigenvalue weighted by Crippen LogP contribution is -2.12. The molecule has 0 spiro atoms. The predicted molar refractivity (Wildman–Crippen MR) is 67.5 cm³/mol. The summed E-state index contributed by atoms with van der Waals surface area (Å²) in [6.07, 6.45) is 0.995. The van der Waals surface area contributed by atoms with E-state index < -0.39 is 11.8 Å². The molecule has 0 saturated carbocycles. The number of aromatic nitrogens is 1. The molecule has 1 atom stereocenters. The van der Waals surface area contributed by atoms with E-state index in [1.54, 1.807) is 11.3 Å². The number of nitrogens with zero attached hydrogens (tertiary/aromatic N) is 1. The Kier molecular flexibility index (Phi) is 3.57. The van der Waals surface area contributed by atoms with Gasteiger partial charge in [-0.05, 0) is 35.4 Å². The smallest absolute Gasteiger partial charge is 0.339 e. The third-order valence-corrected chi connectivity index (χ3v) is 3.18. The Morgan fingerprint density at radius 3 is 3.00 bits per heavy atom. The first kappa shape index (κ1) is 12.5. The van der Waals surface area contributed by atoms with Crippen molar-refractivity contribution in [1.82, 2.24) is 4.98 Å². The van der Waals surface area contributed by atoms with Gasteiger partial charge in [0.2, 0.25) is 0 Å². The fourth-order valence-electron chi connectivity index (χ4n) is 1.53. The first-order valence-electron chi connectivity index (χ1n) is 5.25. The zero-order chi connectivity index (χ0) is 13.1. The van der Waals surface area contributed by atoms with Crippen molar-refractivity contribution < 1.29 is 14.3 Å². The fourth-order valence-corrected chi connectivity index (χ4v) is 2.28. The average molecular weight is 266 g/mol. The highest BCUT2D eigenvalue weighted by Crippen LogP contribution is 2.22. The van der Waals surface area contributed by atoms with Gasteiger partial charge < -0.3 is 10.4 Å². The fraction of sp³-hybridized carbons (Fsp3) is 0.167. The highest BCUT2D eigenvalue weighted by Gasteiger charge is 2.15. The van der Waals surface area contributed by atoms with Crippen LogP contribution < -0.4 is 5.32 Å². The molecule has 2 aromatic heterocycles. The van der Waals surface area contributed by atoms with Crippen molar-refractivity contribution in [2.24, 2.45) is 0 Å². The van der Waals surface area contributed by atoms with E-state index in [9.17, 15) is 9.18 Å². The highest BCUT2D eigenvalue weighted by molar-refractivity contribution is 7.07. The van der Waals surface area contributed by atoms with E-state index in [2.05, 4.69) is 10.3 Å². The number of rotatable bonds is 4. The van der Waals surface area contributed by atoms with Crippen LogP contribution in [0, 0.1) is 5.82 Å². The van der Waals surface area contributed by atoms with Gasteiger partial charge in [-0.2, -0.15) is 11.3 Å². The van der Waals surface area contributed by atoms with Gasteiger partial charge >= 0.3 is 5.97 Å². The molecule has 18 heavy (non-hydrogen) atoms. The summed E-state index contributed by atoms with van der Waals surface area (Å²) in [5.41, 5.74) is 0.861. The maximum Gasteiger partial charge on any atom is 0.339 e. The van der Waals surface area contributed by atoms with Crippen molar-refractivity contribution in [2.75, 3.05) is 5.32 Å². The number of aromatic carboxylic acids is 1. The summed E-state index contributed by atoms with van der Waals surface area (Å²) in [6.45, 7) is 1.89. The van der Waals surface area contributed by atoms with E-state index in [0.717, 1.165) is 17.8 Å². The number of carboxylic acid groups (broad SMARTS) is 1. The maximum atomic E-state index is 13.0. The third-order valence-electron chi connectivity index (χ3n) is 2.48. The van der Waals surface area contributed by atoms with Crippen LogP contribution >= 0.6 is 11.3 Å². The first-order valence-corrected chi connectivity index (χ1v) is 6.19. The van der Waals surface area contributed by atoms with Gasteiger partial charge in [0, 0.05) is 0 Å². The molecule has 0 saturated heterocycles. The largest absolute Gasteiger partial charge is 0.478 e. The van der Waals surface area contributed by atoms with E-state index in [-0.39, 0.29) is 17.4 Å². The van der Waals surface area contributed by atoms with Crippen molar-refractivity contribution in [1.29, 1.82) is 0 Å². The van der Waals surface area contributed by atoms with Crippen LogP contribution in [0.2, 0.25) is 0 Å². The monoisotopic (exact) mass is 266 g/mol. The molecule has 2 rings (SSSR count). The molecule has 0 bridgehead atoms. The molecule has 0 fully saturated rings. The molecule has 0 aliphatic heterocycles. The standard InChI is InChI=1S/C12H11FN2O2S/c1-7(8-2-3-18-6-8)15-11-10(12(16)17)4-9(13)5-14-11/h2-7H,1H3,(H,14,15)(H,16,17). The minimum absolute atomic E-state index is 0.0905. The SMILES string of the molecule is CC(Nc1ncc(F)cc1C(=O)O)c1ccsc1. The van der Waals surface area contributed by atoms with E-state index >= 15 is 0 Å². The molecule has 2 aromatic rings. The molecule has 0 radical (unpaired) electrons. The molecule has 6 heteroatoms. The lowest BCUT2D eigenvalue weighted by Gasteiger charge is -2.14. The van der Waals surface area contributed by atoms with Crippen LogP contribution in [0.5, 0.6) is 0 Å². The summed E-state index contributed by atoms with van der Waals surface area (Å²) in [5.74, 6) is -1.70. The molecule has 2 heterocycles. The van der Waals surface area contributed by atoms with E-state index in [1.807, 2.05) is 23.8 Å². The summed E-state index contributed by atoms with van der Waals surface area (Å²) < 4.78 is 13.0. The Labute approximate surface area is 107 Å². The van der Waals surface area contributed by atoms with Crippen LogP contribution in [0.1, 0.15) is 28.9 Å². The molecule has 4 nitrogen and oxygen atoms in total. The summed E-state index contributed by atoms with van der Waals surface area (Å²) in [7, 11) is 0. The summed E-state index contributed by atoms with van der Waals surface area (Å²) in [6, 6.07) is 2.80. The number of nitrogens with one attached hydrogen (secondary N) is 1. The van der Waals surface area contributed by atoms with Gasteiger partial charge in [-0.1, -0.05) is 0 Å². The van der Waals surface area contributed by atoms with Gasteiger partial charge in [0.05, 0.1) is 12.2 Å². The maximum absolute atomic E-state index is 13.0. The Morgan fingerprint density at radius 1 is 1.61 bits per heavy atom. The molecule has 0 aliphatic carbocycles. The van der Waals surface area contributed by atoms with Crippen LogP contribution in [0.15, 0.2) is 29.1 Å². The number of carboxylic acids is 1. The minimum atomic E-state index is -1.21. The topological polar surface area (TPSA) is 62.2 Å². The number of hydrogen-bond acceptors (Lipinski definition) is 4. The van der Waals surface area contributed by atoms with Gasteiger partial charge in [0.1, 0.15) is 17.2 Å². The zero-order valence-electron chi connectivity index (χ0n) is 9.55. The number of thiophene rings is 1. The van der Waals surface area contributed by atoms with Crippen molar-refractivity contribution in [3.63, 3.8) is 0 Å². The van der Waals surface area contributed by atoms with Gasteiger partial charge in [-0.25, -0.2) is 14.2 Å². The van der Waals surface area contributed by atoms with Crippen LogP contribution in [0.25, 0.3) is 0 Å². The quantitative estimate of drug-likeness (QED) is 0.892. The molecule has 1 unspecified atom stereocenters. The predicted octanol–water partition coefficient (Wildman–Crippen LogP) is 3.15. The number of hydrogen-bond donors (Lipinski definition) is 2. The molecule has 0 aromatic carbocycles. The highest BCUT2D eigenvalue weighted by atomic mass is 32.1. The number of anilines is 1. The van der Waals surface area contributed by atoms with Crippen LogP contribution in [0.4, 0.5) is 10.2 Å². The van der Waals surface area contributed by atoms with Gasteiger partial charge in [-0.3, -0.25) is 0 Å². The molecule has 94 valence electrons. The Bertz CT molecular complexity index is 557. The second kappa shape index (κ2) is 5.14. The second-order valence-corrected chi connectivity index (χ2v) is 4.56. The summed E-state index contributed by atoms with van der Waals surface area (Å²) in [4.78, 5) is 14.8. The summed E-state index contributed by atoms with van der Waals surface area (Å²) in [5, 5.41) is 15.9. The first-order chi connectivity index (χ1) is 8.58. The minimum Gasteiger partial charge on any atom is -0.478 e. The van der Waals surface area contributed by atoms with Gasteiger partial charge in [0.25, 0.3) is 0 Å². The van der Waals surface area contributed by atoms with Gasteiger partial charge in [0.15, 0.2) is 0 Å². The number of halogens is 1. The van der Waals surface area contributed by atoms with Crippen molar-refractivity contribution >= 4 is 23.1 Å². The van der Waals surface area contributed by atoms with E-state index in [1.165, 1.54) is 0 Å². The van der Waals surface area contributed by atoms with Crippen molar-refractivity contribution in [3.8, 4) is 0 Å². The summed E-state index contributed by atoms with van der Waals surface area (Å²) >= 11 is 1.55. The Balaban J connectivity index is 2.26. The van der Waals surface area contributed by atoms with Crippen LogP contribution in [-0.4, -0.2) is 16.1 Å². The van der Waals surface area contributed by atoms with E-state index in [4.69, 9.17) is 5.11 Å². The Morgan fingerprint density at radius 2 is 2.39 bits per heavy atom. The van der Waals surface area contributed by atoms with E-state index in [0.29, 0.717) is 0 Å². The number of pyridine rings is 1. The van der Waals surface area contributed by atoms with Crippen LogP contribution in [-0.2, 0) is 0 Å². The molecule has 0 amide bonds. The number of carbonyl (C=O) groups is 1. The average Bonchev–Trinajstić information content (AvgIpc) is 2.84. The lowest BCUT2D eigenvalue weighted by molar-refractivity contribution is 0.0697. The lowest BCUT2D eigenvalue weighted by atomic mass is 10.1. The normalized spacial score (nSPS) is 12.1. The molecule has 2 N–H and O–H groups in total. The van der Waals surface area contributed by atoms with Crippen molar-refractivity contribution in [2.45, 2.75) is 13.0 Å². The molecular weight excluding hydrogens is 255 g/mol.